The van der Waals surface area contributed by atoms with E-state index in [0.29, 0.717) is 0 Å². The molecular formula is C49H47N3. The minimum absolute atomic E-state index is 1.02. The number of rotatable bonds is 10. The molecule has 258 valence electrons. The van der Waals surface area contributed by atoms with Gasteiger partial charge in [0.1, 0.15) is 0 Å². The third-order valence-corrected chi connectivity index (χ3v) is 9.25. The van der Waals surface area contributed by atoms with Gasteiger partial charge in [-0.3, -0.25) is 0 Å². The molecule has 6 aromatic carbocycles. The molecular weight excluding hydrogens is 631 g/mol. The van der Waals surface area contributed by atoms with E-state index in [1.807, 2.05) is 46.0 Å². The Balaban J connectivity index is 0.00000228. The predicted octanol–water partition coefficient (Wildman–Crippen LogP) is 13.5. The minimum Gasteiger partial charge on any atom is -0.388 e. The zero-order valence-electron chi connectivity index (χ0n) is 30.8. The number of allylic oxidation sites excluding steroid dienone is 5. The zero-order valence-corrected chi connectivity index (χ0v) is 30.8. The maximum Gasteiger partial charge on any atom is 0.0619 e. The molecule has 3 nitrogen and oxygen atoms in total. The van der Waals surface area contributed by atoms with E-state index in [9.17, 15) is 0 Å². The van der Waals surface area contributed by atoms with Gasteiger partial charge < -0.3 is 14.8 Å². The number of hydrogen-bond acceptors (Lipinski definition) is 2. The summed E-state index contributed by atoms with van der Waals surface area (Å²) in [5, 5.41) is 5.79. The molecule has 7 aromatic rings. The van der Waals surface area contributed by atoms with Gasteiger partial charge in [-0.15, -0.1) is 0 Å². The Labute approximate surface area is 309 Å². The number of hydrogen-bond donors (Lipinski definition) is 1. The first-order chi connectivity index (χ1) is 25.6. The van der Waals surface area contributed by atoms with Crippen molar-refractivity contribution in [2.24, 2.45) is 0 Å². The summed E-state index contributed by atoms with van der Waals surface area (Å²) in [6.07, 6.45) is 10.2. The van der Waals surface area contributed by atoms with Gasteiger partial charge in [-0.2, -0.15) is 0 Å². The van der Waals surface area contributed by atoms with Gasteiger partial charge in [0.2, 0.25) is 0 Å². The number of nitrogens with zero attached hydrogens (tertiary/aromatic N) is 2. The molecule has 0 saturated carbocycles. The lowest BCUT2D eigenvalue weighted by Crippen LogP contribution is -2.15. The van der Waals surface area contributed by atoms with E-state index in [4.69, 9.17) is 0 Å². The number of fused-ring (bicyclic) bond motifs is 3. The summed E-state index contributed by atoms with van der Waals surface area (Å²) in [5.41, 5.74) is 13.6. The fourth-order valence-electron chi connectivity index (χ4n) is 6.84. The molecule has 1 heterocycles. The molecule has 0 atom stereocenters. The van der Waals surface area contributed by atoms with Gasteiger partial charge in [0.15, 0.2) is 0 Å². The third-order valence-electron chi connectivity index (χ3n) is 9.25. The van der Waals surface area contributed by atoms with Crippen LogP contribution < -0.4 is 10.2 Å². The standard InChI is InChI=1S/C47H41N3.C2H6/c1-5-8-22-45(48-4)36-26-30-41(31-27-36)49(38(6-2)7-3)40-28-24-35(25-29-40)43-32-37(34-17-11-9-12-18-34)33-44-42-21-15-16-23-46(42)50(47(43)44)39-19-13-10-14-20-39;1-2/h5-33,48H,2H2,1,3-4H3;1-2H3/b8-5-,38-7+,45-22-;. The first-order valence-corrected chi connectivity index (χ1v) is 18.1. The van der Waals surface area contributed by atoms with Crippen LogP contribution in [0, 0.1) is 0 Å². The van der Waals surface area contributed by atoms with E-state index in [-0.39, 0.29) is 0 Å². The molecule has 0 aliphatic carbocycles. The largest absolute Gasteiger partial charge is 0.388 e. The summed E-state index contributed by atoms with van der Waals surface area (Å²) in [6.45, 7) is 12.2. The molecule has 0 bridgehead atoms. The Bertz CT molecular complexity index is 2360. The van der Waals surface area contributed by atoms with Crippen LogP contribution in [0.5, 0.6) is 0 Å². The molecule has 0 fully saturated rings. The smallest absolute Gasteiger partial charge is 0.0619 e. The second kappa shape index (κ2) is 16.6. The fourth-order valence-corrected chi connectivity index (χ4v) is 6.84. The molecule has 52 heavy (non-hydrogen) atoms. The number of aromatic nitrogens is 1. The Morgan fingerprint density at radius 3 is 1.88 bits per heavy atom. The lowest BCUT2D eigenvalue weighted by molar-refractivity contribution is 1.12. The van der Waals surface area contributed by atoms with Crippen molar-refractivity contribution in [3.8, 4) is 27.9 Å². The first kappa shape index (κ1) is 35.5. The molecule has 0 spiro atoms. The summed E-state index contributed by atoms with van der Waals surface area (Å²) in [7, 11) is 1.95. The Hall–Kier alpha value is -6.32. The van der Waals surface area contributed by atoms with Gasteiger partial charge in [-0.1, -0.05) is 130 Å². The second-order valence-electron chi connectivity index (χ2n) is 12.2. The van der Waals surface area contributed by atoms with Crippen molar-refractivity contribution < 1.29 is 0 Å². The summed E-state index contributed by atoms with van der Waals surface area (Å²) in [5.74, 6) is 0. The highest BCUT2D eigenvalue weighted by Gasteiger charge is 2.19. The summed E-state index contributed by atoms with van der Waals surface area (Å²) >= 11 is 0. The van der Waals surface area contributed by atoms with Crippen molar-refractivity contribution in [1.82, 2.24) is 9.88 Å². The van der Waals surface area contributed by atoms with E-state index < -0.39 is 0 Å². The summed E-state index contributed by atoms with van der Waals surface area (Å²) < 4.78 is 2.41. The molecule has 1 N–H and O–H groups in total. The van der Waals surface area contributed by atoms with Crippen molar-refractivity contribution >= 4 is 38.9 Å². The van der Waals surface area contributed by atoms with Gasteiger partial charge in [0.05, 0.1) is 11.0 Å². The quantitative estimate of drug-likeness (QED) is 0.145. The fraction of sp³-hybridized carbons (Fsp3) is 0.102. The minimum atomic E-state index is 1.02. The molecule has 0 saturated heterocycles. The van der Waals surface area contributed by atoms with Gasteiger partial charge in [-0.25, -0.2) is 0 Å². The van der Waals surface area contributed by atoms with Crippen LogP contribution in [0.15, 0.2) is 188 Å². The van der Waals surface area contributed by atoms with Gasteiger partial charge in [-0.05, 0) is 103 Å². The SMILES string of the molecule is C=C/C(=C\C)N(c1ccc(/C(=C/C=C\C)NC)cc1)c1ccc(-c2cc(-c3ccccc3)cc3c4ccccc4n(-c4ccccc4)c23)cc1.CC. The monoisotopic (exact) mass is 677 g/mol. The number of benzene rings is 6. The van der Waals surface area contributed by atoms with Crippen molar-refractivity contribution in [2.75, 3.05) is 11.9 Å². The number of anilines is 2. The molecule has 1 aromatic heterocycles. The highest BCUT2D eigenvalue weighted by atomic mass is 15.1. The van der Waals surface area contributed by atoms with Crippen molar-refractivity contribution in [3.05, 3.63) is 194 Å². The van der Waals surface area contributed by atoms with Gasteiger partial charge >= 0.3 is 0 Å². The highest BCUT2D eigenvalue weighted by Crippen LogP contribution is 2.42. The summed E-state index contributed by atoms with van der Waals surface area (Å²) in [6, 6.07) is 52.4. The predicted molar refractivity (Wildman–Crippen MR) is 227 cm³/mol. The molecule has 3 heteroatoms. The highest BCUT2D eigenvalue weighted by molar-refractivity contribution is 6.15. The zero-order chi connectivity index (χ0) is 36.5. The van der Waals surface area contributed by atoms with E-state index >= 15 is 0 Å². The van der Waals surface area contributed by atoms with Gasteiger partial charge in [0, 0.05) is 51.8 Å². The topological polar surface area (TPSA) is 20.2 Å². The average Bonchev–Trinajstić information content (AvgIpc) is 3.56. The number of para-hydroxylation sites is 2. The summed E-state index contributed by atoms with van der Waals surface area (Å²) in [4.78, 5) is 2.26. The van der Waals surface area contributed by atoms with Crippen LogP contribution >= 0.6 is 0 Å². The maximum atomic E-state index is 4.15. The van der Waals surface area contributed by atoms with Crippen LogP contribution in [-0.2, 0) is 0 Å². The molecule has 0 radical (unpaired) electrons. The number of nitrogens with one attached hydrogen (secondary N) is 1. The van der Waals surface area contributed by atoms with Gasteiger partial charge in [0.25, 0.3) is 0 Å². The molecule has 0 aliphatic heterocycles. The molecule has 7 rings (SSSR count). The Kier molecular flexibility index (Phi) is 11.3. The molecule has 0 aliphatic rings. The lowest BCUT2D eigenvalue weighted by atomic mass is 9.95. The van der Waals surface area contributed by atoms with Crippen molar-refractivity contribution in [1.29, 1.82) is 0 Å². The Morgan fingerprint density at radius 1 is 0.654 bits per heavy atom. The van der Waals surface area contributed by atoms with Crippen LogP contribution in [0.1, 0.15) is 33.3 Å². The van der Waals surface area contributed by atoms with Crippen LogP contribution in [0.4, 0.5) is 11.4 Å². The van der Waals surface area contributed by atoms with E-state index in [2.05, 4.69) is 186 Å². The maximum absolute atomic E-state index is 4.15. The van der Waals surface area contributed by atoms with E-state index in [1.165, 1.54) is 38.5 Å². The second-order valence-corrected chi connectivity index (χ2v) is 12.2. The van der Waals surface area contributed by atoms with Crippen molar-refractivity contribution in [3.63, 3.8) is 0 Å². The van der Waals surface area contributed by atoms with E-state index in [1.54, 1.807) is 0 Å². The van der Waals surface area contributed by atoms with Crippen LogP contribution in [0.3, 0.4) is 0 Å². The van der Waals surface area contributed by atoms with E-state index in [0.717, 1.165) is 39.6 Å². The third kappa shape index (κ3) is 6.99. The normalized spacial score (nSPS) is 11.8. The first-order valence-electron chi connectivity index (χ1n) is 18.1. The van der Waals surface area contributed by atoms with Crippen LogP contribution in [0.2, 0.25) is 0 Å². The van der Waals surface area contributed by atoms with Crippen LogP contribution in [-0.4, -0.2) is 11.6 Å². The Morgan fingerprint density at radius 2 is 1.27 bits per heavy atom. The average molecular weight is 678 g/mol. The molecule has 0 amide bonds. The molecule has 0 unspecified atom stereocenters. The van der Waals surface area contributed by atoms with Crippen LogP contribution in [0.25, 0.3) is 55.4 Å². The lowest BCUT2D eigenvalue weighted by Gasteiger charge is -2.27. The van der Waals surface area contributed by atoms with Crippen molar-refractivity contribution in [2.45, 2.75) is 27.7 Å².